The number of carbonyl (C=O) groups excluding carboxylic acids is 1. The second-order valence-electron chi connectivity index (χ2n) is 5.19. The summed E-state index contributed by atoms with van der Waals surface area (Å²) in [4.78, 5) is 23.5. The van der Waals surface area contributed by atoms with E-state index in [9.17, 15) is 15.0 Å². The second kappa shape index (κ2) is 6.85. The number of hydrogen-bond donors (Lipinski definition) is 3. The first-order valence-electron chi connectivity index (χ1n) is 8.06. The minimum absolute atomic E-state index is 0.00874. The van der Waals surface area contributed by atoms with Crippen LogP contribution in [0.25, 0.3) is 11.2 Å². The fourth-order valence-electron chi connectivity index (χ4n) is 2.34. The molecule has 10 heteroatoms. The third kappa shape index (κ3) is 3.26. The number of aliphatic hydroxyl groups excluding tert-OH is 1. The molecule has 0 bridgehead atoms. The third-order valence-corrected chi connectivity index (χ3v) is 4.20. The van der Waals surface area contributed by atoms with Crippen LogP contribution in [-0.4, -0.2) is 54.3 Å². The van der Waals surface area contributed by atoms with E-state index < -0.39 is 25.0 Å². The first-order valence-corrected chi connectivity index (χ1v) is 7.94. The zero-order chi connectivity index (χ0) is 19.1. The third-order valence-electron chi connectivity index (χ3n) is 3.42. The van der Waals surface area contributed by atoms with Gasteiger partial charge in [0.1, 0.15) is 22.9 Å². The number of thioether (sulfide) groups is 1. The molecular weight excluding hydrogens is 334 g/mol. The molecule has 0 aromatic carbocycles. The summed E-state index contributed by atoms with van der Waals surface area (Å²) >= 11 is 1.16. The first kappa shape index (κ1) is 14.3. The van der Waals surface area contributed by atoms with Crippen LogP contribution in [0.2, 0.25) is 0 Å². The molecular formula is C14H17N5O4S. The Kier molecular flexibility index (Phi) is 4.09. The molecule has 2 aromatic rings. The lowest BCUT2D eigenvalue weighted by molar-refractivity contribution is -0.112. The van der Waals surface area contributed by atoms with E-state index in [0.717, 1.165) is 11.8 Å². The number of anilines is 1. The summed E-state index contributed by atoms with van der Waals surface area (Å²) in [5.74, 6) is -0.121. The molecule has 3 heterocycles. The maximum Gasteiger partial charge on any atom is 0.223 e. The topological polar surface area (TPSA) is 136 Å². The van der Waals surface area contributed by atoms with Crippen molar-refractivity contribution in [1.82, 2.24) is 19.5 Å². The summed E-state index contributed by atoms with van der Waals surface area (Å²) in [6.07, 6.45) is -0.504. The molecule has 9 nitrogen and oxygen atoms in total. The molecule has 128 valence electrons. The molecule has 1 fully saturated rings. The summed E-state index contributed by atoms with van der Waals surface area (Å²) in [7, 11) is 0. The second-order valence-corrected chi connectivity index (χ2v) is 6.08. The molecule has 1 saturated heterocycles. The Hall–Kier alpha value is -2.01. The lowest BCUT2D eigenvalue weighted by Crippen LogP contribution is -2.24. The quantitative estimate of drug-likeness (QED) is 0.392. The lowest BCUT2D eigenvalue weighted by Gasteiger charge is -2.13. The molecule has 0 amide bonds. The highest BCUT2D eigenvalue weighted by atomic mass is 32.2. The van der Waals surface area contributed by atoms with Crippen molar-refractivity contribution >= 4 is 34.7 Å². The minimum atomic E-state index is -2.68. The van der Waals surface area contributed by atoms with Gasteiger partial charge in [0.05, 0.1) is 21.7 Å². The highest BCUT2D eigenvalue weighted by Crippen LogP contribution is 2.33. The van der Waals surface area contributed by atoms with Crippen LogP contribution in [0.1, 0.15) is 22.3 Å². The lowest BCUT2D eigenvalue weighted by atomic mass is 10.2. The summed E-state index contributed by atoms with van der Waals surface area (Å²) in [6.45, 7) is -1.26. The van der Waals surface area contributed by atoms with Gasteiger partial charge in [-0.2, -0.15) is 4.98 Å². The molecule has 0 aliphatic carbocycles. The largest absolute Gasteiger partial charge is 0.394 e. The molecule has 0 spiro atoms. The van der Waals surface area contributed by atoms with Crippen LogP contribution in [0.4, 0.5) is 5.95 Å². The van der Waals surface area contributed by atoms with Gasteiger partial charge in [-0.25, -0.2) is 9.97 Å². The van der Waals surface area contributed by atoms with Gasteiger partial charge in [-0.3, -0.25) is 9.36 Å². The average molecular weight is 353 g/mol. The Morgan fingerprint density at radius 1 is 1.67 bits per heavy atom. The Morgan fingerprint density at radius 3 is 3.12 bits per heavy atom. The van der Waals surface area contributed by atoms with Crippen LogP contribution >= 0.6 is 11.8 Å². The number of carbonyl (C=O) groups is 1. The molecule has 0 saturated carbocycles. The number of imidazole rings is 1. The van der Waals surface area contributed by atoms with Gasteiger partial charge < -0.3 is 20.7 Å². The van der Waals surface area contributed by atoms with E-state index in [4.69, 9.17) is 13.2 Å². The molecule has 1 aliphatic rings. The Balaban J connectivity index is 1.94. The zero-order valence-electron chi connectivity index (χ0n) is 14.7. The van der Waals surface area contributed by atoms with Gasteiger partial charge >= 0.3 is 0 Å². The Labute approximate surface area is 144 Å². The number of nitrogen functional groups attached to an aromatic ring is 1. The molecule has 1 aliphatic heterocycles. The number of nitrogens with zero attached hydrogens (tertiary/aromatic N) is 4. The molecule has 0 unspecified atom stereocenters. The van der Waals surface area contributed by atoms with Crippen molar-refractivity contribution in [3.05, 3.63) is 17.8 Å². The van der Waals surface area contributed by atoms with Gasteiger partial charge in [-0.15, -0.1) is 0 Å². The van der Waals surface area contributed by atoms with E-state index in [1.165, 1.54) is 23.9 Å². The SMILES string of the molecule is [2H]C([2H])(O)[C@H]1O[C@@H](n2cnc3c(SC=CC(C)=O)nc(N)nc32)C[C@@H]1O. The van der Waals surface area contributed by atoms with E-state index >= 15 is 0 Å². The van der Waals surface area contributed by atoms with Gasteiger partial charge in [0, 0.05) is 6.42 Å². The van der Waals surface area contributed by atoms with Crippen LogP contribution in [0.3, 0.4) is 0 Å². The van der Waals surface area contributed by atoms with Crippen molar-refractivity contribution in [3.63, 3.8) is 0 Å². The summed E-state index contributed by atoms with van der Waals surface area (Å²) in [5.41, 5.74) is 6.51. The van der Waals surface area contributed by atoms with Crippen LogP contribution in [-0.2, 0) is 9.53 Å². The predicted molar refractivity (Wildman–Crippen MR) is 87.0 cm³/mol. The molecule has 24 heavy (non-hydrogen) atoms. The molecule has 0 radical (unpaired) electrons. The minimum Gasteiger partial charge on any atom is -0.394 e. The fraction of sp³-hybridized carbons (Fsp3) is 0.429. The normalized spacial score (nSPS) is 26.0. The fourth-order valence-corrected chi connectivity index (χ4v) is 3.13. The molecule has 4 N–H and O–H groups in total. The van der Waals surface area contributed by atoms with Gasteiger partial charge in [-0.1, -0.05) is 11.8 Å². The maximum absolute atomic E-state index is 11.0. The monoisotopic (exact) mass is 353 g/mol. The first-order chi connectivity index (χ1) is 12.2. The van der Waals surface area contributed by atoms with Gasteiger partial charge in [-0.05, 0) is 18.4 Å². The maximum atomic E-state index is 11.0. The van der Waals surface area contributed by atoms with E-state index in [2.05, 4.69) is 15.0 Å². The van der Waals surface area contributed by atoms with E-state index in [0.29, 0.717) is 16.2 Å². The van der Waals surface area contributed by atoms with Crippen LogP contribution in [0.5, 0.6) is 0 Å². The number of ketones is 1. The zero-order valence-corrected chi connectivity index (χ0v) is 13.5. The van der Waals surface area contributed by atoms with E-state index in [1.807, 2.05) is 0 Å². The number of ether oxygens (including phenoxy) is 1. The number of nitrogens with two attached hydrogens (primary N) is 1. The highest BCUT2D eigenvalue weighted by molar-refractivity contribution is 8.02. The Morgan fingerprint density at radius 2 is 2.46 bits per heavy atom. The van der Waals surface area contributed by atoms with Gasteiger partial charge in [0.2, 0.25) is 5.95 Å². The average Bonchev–Trinajstić information content (AvgIpc) is 3.09. The number of hydrogen-bond acceptors (Lipinski definition) is 9. The Bertz CT molecular complexity index is 869. The number of fused-ring (bicyclic) bond motifs is 1. The van der Waals surface area contributed by atoms with Crippen molar-refractivity contribution < 1.29 is 22.5 Å². The van der Waals surface area contributed by atoms with Crippen molar-refractivity contribution in [1.29, 1.82) is 0 Å². The van der Waals surface area contributed by atoms with Crippen molar-refractivity contribution in [2.24, 2.45) is 0 Å². The molecule has 3 rings (SSSR count). The van der Waals surface area contributed by atoms with Crippen molar-refractivity contribution in [2.45, 2.75) is 36.8 Å². The number of aromatic nitrogens is 4. The molecule has 3 atom stereocenters. The van der Waals surface area contributed by atoms with Crippen LogP contribution in [0, 0.1) is 0 Å². The predicted octanol–water partition coefficient (Wildman–Crippen LogP) is 0.244. The number of allylic oxidation sites excluding steroid dienone is 1. The van der Waals surface area contributed by atoms with Gasteiger partial charge in [0.15, 0.2) is 11.4 Å². The van der Waals surface area contributed by atoms with Crippen LogP contribution in [0.15, 0.2) is 22.8 Å². The summed E-state index contributed by atoms with van der Waals surface area (Å²) in [6, 6.07) is 0. The highest BCUT2D eigenvalue weighted by Gasteiger charge is 2.35. The van der Waals surface area contributed by atoms with Gasteiger partial charge in [0.25, 0.3) is 0 Å². The number of aliphatic hydroxyl groups is 2. The smallest absolute Gasteiger partial charge is 0.223 e. The summed E-state index contributed by atoms with van der Waals surface area (Å²) < 4.78 is 21.7. The van der Waals surface area contributed by atoms with Crippen LogP contribution < -0.4 is 5.73 Å². The van der Waals surface area contributed by atoms with Crippen molar-refractivity contribution in [2.75, 3.05) is 12.3 Å². The van der Waals surface area contributed by atoms with E-state index in [1.54, 1.807) is 5.41 Å². The summed E-state index contributed by atoms with van der Waals surface area (Å²) in [5, 5.41) is 21.5. The molecule has 2 aromatic heterocycles. The standard InChI is InChI=1S/C14H17N5O4S/c1-7(21)2-3-24-13-11-12(17-14(15)18-13)19(6-16-11)10-4-8(22)9(5-20)23-10/h2-3,6,8-10,20,22H,4-5H2,1H3,(H2,15,17,18)/t8-,9+,10+/m0/s1/i5D2. The van der Waals surface area contributed by atoms with Crippen molar-refractivity contribution in [3.8, 4) is 0 Å². The number of rotatable bonds is 5. The van der Waals surface area contributed by atoms with E-state index in [-0.39, 0.29) is 18.2 Å².